The fourth-order valence-electron chi connectivity index (χ4n) is 6.92. The Morgan fingerprint density at radius 2 is 1.68 bits per heavy atom. The van der Waals surface area contributed by atoms with E-state index in [1.165, 1.54) is 0 Å². The van der Waals surface area contributed by atoms with E-state index in [9.17, 15) is 14.4 Å². The molecule has 8 atom stereocenters. The molecule has 11 heteroatoms. The van der Waals surface area contributed by atoms with Gasteiger partial charge in [0.25, 0.3) is 0 Å². The minimum Gasteiger partial charge on any atom is -0.450 e. The van der Waals surface area contributed by atoms with E-state index >= 15 is 0 Å². The number of esters is 1. The van der Waals surface area contributed by atoms with Crippen molar-refractivity contribution in [2.75, 3.05) is 32.8 Å². The lowest BCUT2D eigenvalue weighted by Gasteiger charge is -2.59. The quantitative estimate of drug-likeness (QED) is 0.396. The van der Waals surface area contributed by atoms with Crippen molar-refractivity contribution in [3.8, 4) is 0 Å². The lowest BCUT2D eigenvalue weighted by atomic mass is 9.58. The summed E-state index contributed by atoms with van der Waals surface area (Å²) >= 11 is 0. The number of fused-ring (bicyclic) bond motifs is 2. The first kappa shape index (κ1) is 26.6. The van der Waals surface area contributed by atoms with Crippen LogP contribution in [0.4, 0.5) is 4.79 Å². The molecule has 0 radical (unpaired) electrons. The van der Waals surface area contributed by atoms with Crippen LogP contribution in [0, 0.1) is 23.7 Å². The van der Waals surface area contributed by atoms with Crippen molar-refractivity contribution in [2.45, 2.75) is 90.2 Å². The summed E-state index contributed by atoms with van der Waals surface area (Å²) in [4.78, 5) is 52.5. The molecular weight excluding hydrogens is 484 g/mol. The first-order valence-electron chi connectivity index (χ1n) is 13.8. The molecule has 11 nitrogen and oxygen atoms in total. The number of rotatable bonds is 5. The maximum atomic E-state index is 12.8. The van der Waals surface area contributed by atoms with E-state index in [0.717, 1.165) is 19.3 Å². The SMILES string of the molecule is CCOC(=O)N1CCN(C(=O)CCC(=O)O[C@@H]2O[C@@H]3O[C@]4(C)CC[C@H]5[C@H](C)CC[C@@H]([C@H]2C)[C@@]35OO4)CC1. The van der Waals surface area contributed by atoms with Crippen molar-refractivity contribution in [1.29, 1.82) is 0 Å². The summed E-state index contributed by atoms with van der Waals surface area (Å²) < 4.78 is 23.4. The van der Waals surface area contributed by atoms with E-state index in [2.05, 4.69) is 6.92 Å². The monoisotopic (exact) mass is 524 g/mol. The second-order valence-corrected chi connectivity index (χ2v) is 11.3. The highest BCUT2D eigenvalue weighted by Gasteiger charge is 2.69. The molecule has 5 aliphatic heterocycles. The highest BCUT2D eigenvalue weighted by Crippen LogP contribution is 2.60. The molecule has 0 aromatic heterocycles. The van der Waals surface area contributed by atoms with Gasteiger partial charge in [-0.2, -0.15) is 0 Å². The van der Waals surface area contributed by atoms with E-state index in [-0.39, 0.29) is 42.6 Å². The van der Waals surface area contributed by atoms with Crippen molar-refractivity contribution in [3.05, 3.63) is 0 Å². The normalized spacial score (nSPS) is 41.0. The molecule has 2 amide bonds. The van der Waals surface area contributed by atoms with Crippen molar-refractivity contribution >= 4 is 18.0 Å². The molecule has 5 saturated heterocycles. The van der Waals surface area contributed by atoms with Crippen LogP contribution in [0.1, 0.15) is 66.2 Å². The van der Waals surface area contributed by atoms with E-state index in [0.29, 0.717) is 45.1 Å². The van der Waals surface area contributed by atoms with Crippen molar-refractivity contribution in [3.63, 3.8) is 0 Å². The number of hydrogen-bond acceptors (Lipinski definition) is 9. The van der Waals surface area contributed by atoms with Crippen LogP contribution in [0.2, 0.25) is 0 Å². The molecule has 0 unspecified atom stereocenters. The number of amides is 2. The van der Waals surface area contributed by atoms with Crippen LogP contribution in [0.3, 0.4) is 0 Å². The molecule has 6 aliphatic rings. The van der Waals surface area contributed by atoms with Crippen LogP contribution < -0.4 is 0 Å². The number of carbonyl (C=O) groups excluding carboxylic acids is 3. The number of carbonyl (C=O) groups is 3. The molecule has 0 aromatic rings. The van der Waals surface area contributed by atoms with Gasteiger partial charge in [-0.1, -0.05) is 13.8 Å². The molecule has 1 saturated carbocycles. The fourth-order valence-corrected chi connectivity index (χ4v) is 6.92. The molecule has 1 spiro atoms. The zero-order valence-corrected chi connectivity index (χ0v) is 22.3. The smallest absolute Gasteiger partial charge is 0.409 e. The topological polar surface area (TPSA) is 113 Å². The van der Waals surface area contributed by atoms with Gasteiger partial charge in [0.05, 0.1) is 13.0 Å². The summed E-state index contributed by atoms with van der Waals surface area (Å²) in [7, 11) is 0. The van der Waals surface area contributed by atoms with Gasteiger partial charge < -0.3 is 28.7 Å². The van der Waals surface area contributed by atoms with Crippen LogP contribution in [0.5, 0.6) is 0 Å². The zero-order valence-electron chi connectivity index (χ0n) is 22.3. The highest BCUT2D eigenvalue weighted by molar-refractivity contribution is 5.81. The van der Waals surface area contributed by atoms with E-state index in [1.54, 1.807) is 16.7 Å². The number of piperazine rings is 1. The third kappa shape index (κ3) is 4.84. The van der Waals surface area contributed by atoms with Gasteiger partial charge in [0.15, 0.2) is 11.9 Å². The molecule has 37 heavy (non-hydrogen) atoms. The number of hydrogen-bond donors (Lipinski definition) is 0. The average Bonchev–Trinajstić information content (AvgIpc) is 3.11. The van der Waals surface area contributed by atoms with Gasteiger partial charge >= 0.3 is 12.1 Å². The van der Waals surface area contributed by atoms with E-state index in [1.807, 2.05) is 13.8 Å². The first-order valence-corrected chi connectivity index (χ1v) is 13.8. The molecule has 6 rings (SSSR count). The number of ether oxygens (including phenoxy) is 4. The maximum Gasteiger partial charge on any atom is 0.409 e. The summed E-state index contributed by atoms with van der Waals surface area (Å²) in [6.45, 7) is 9.87. The molecule has 0 N–H and O–H groups in total. The Bertz CT molecular complexity index is 893. The Morgan fingerprint density at radius 3 is 2.41 bits per heavy atom. The van der Waals surface area contributed by atoms with Gasteiger partial charge in [-0.15, -0.1) is 0 Å². The van der Waals surface area contributed by atoms with Crippen LogP contribution in [0.25, 0.3) is 0 Å². The lowest BCUT2D eigenvalue weighted by molar-refractivity contribution is -0.576. The Kier molecular flexibility index (Phi) is 7.43. The predicted octanol–water partition coefficient (Wildman–Crippen LogP) is 2.82. The maximum absolute atomic E-state index is 12.8. The Labute approximate surface area is 217 Å². The lowest BCUT2D eigenvalue weighted by Crippen LogP contribution is -2.70. The molecule has 5 heterocycles. The van der Waals surface area contributed by atoms with E-state index < -0.39 is 29.9 Å². The molecule has 6 fully saturated rings. The Morgan fingerprint density at radius 1 is 0.946 bits per heavy atom. The van der Waals surface area contributed by atoms with Gasteiger partial charge in [0.1, 0.15) is 0 Å². The zero-order chi connectivity index (χ0) is 26.4. The molecule has 208 valence electrons. The minimum absolute atomic E-state index is 0.0399. The van der Waals surface area contributed by atoms with Crippen LogP contribution >= 0.6 is 0 Å². The standard InChI is InChI=1S/C26H40N2O9/c1-5-32-24(31)28-14-12-27(13-15-28)20(29)8-9-21(30)33-22-17(3)19-7-6-16(2)18-10-11-25(4)35-23(34-22)26(18,19)37-36-25/h16-19,22-23H,5-15H2,1-4H3/t16-,17-,18+,19+,22-,23-,25+,26-/m1/s1. The second kappa shape index (κ2) is 10.3. The predicted molar refractivity (Wildman–Crippen MR) is 127 cm³/mol. The third-order valence-electron chi connectivity index (χ3n) is 9.05. The van der Waals surface area contributed by atoms with Crippen LogP contribution in [-0.4, -0.2) is 84.5 Å². The fraction of sp³-hybridized carbons (Fsp3) is 0.885. The van der Waals surface area contributed by atoms with Crippen LogP contribution in [0.15, 0.2) is 0 Å². The van der Waals surface area contributed by atoms with Crippen molar-refractivity contribution < 1.29 is 43.1 Å². The second-order valence-electron chi connectivity index (χ2n) is 11.3. The minimum atomic E-state index is -0.892. The Hall–Kier alpha value is -1.95. The molecular formula is C26H40N2O9. The first-order chi connectivity index (χ1) is 17.7. The van der Waals surface area contributed by atoms with Crippen LogP contribution in [-0.2, 0) is 38.3 Å². The van der Waals surface area contributed by atoms with Crippen molar-refractivity contribution in [1.82, 2.24) is 9.80 Å². The van der Waals surface area contributed by atoms with Gasteiger partial charge in [0, 0.05) is 50.9 Å². The van der Waals surface area contributed by atoms with Gasteiger partial charge in [-0.25, -0.2) is 14.6 Å². The largest absolute Gasteiger partial charge is 0.450 e. The van der Waals surface area contributed by atoms with E-state index in [4.69, 9.17) is 28.7 Å². The van der Waals surface area contributed by atoms with Gasteiger partial charge in [-0.3, -0.25) is 9.59 Å². The third-order valence-corrected chi connectivity index (χ3v) is 9.05. The Balaban J connectivity index is 1.16. The summed E-state index contributed by atoms with van der Waals surface area (Å²) in [5.74, 6) is -0.871. The molecule has 0 aromatic carbocycles. The van der Waals surface area contributed by atoms with Crippen molar-refractivity contribution in [2.24, 2.45) is 23.7 Å². The average molecular weight is 525 g/mol. The summed E-state index contributed by atoms with van der Waals surface area (Å²) in [5, 5.41) is 0. The molecule has 2 bridgehead atoms. The highest BCUT2D eigenvalue weighted by atomic mass is 17.3. The number of nitrogens with zero attached hydrogens (tertiary/aromatic N) is 2. The molecule has 1 aliphatic carbocycles. The summed E-state index contributed by atoms with van der Waals surface area (Å²) in [6.07, 6.45) is 1.79. The van der Waals surface area contributed by atoms with Gasteiger partial charge in [0.2, 0.25) is 18.0 Å². The summed E-state index contributed by atoms with van der Waals surface area (Å²) in [6, 6.07) is 0. The summed E-state index contributed by atoms with van der Waals surface area (Å²) in [5.41, 5.74) is -0.711. The van der Waals surface area contributed by atoms with Gasteiger partial charge in [-0.05, 0) is 44.9 Å².